The largest absolute Gasteiger partial charge is 0.419 e. The van der Waals surface area contributed by atoms with Crippen molar-refractivity contribution in [2.75, 3.05) is 7.05 Å². The minimum absolute atomic E-state index is 0.551. The minimum Gasteiger partial charge on any atom is -0.419 e. The van der Waals surface area contributed by atoms with Crippen molar-refractivity contribution in [3.8, 4) is 11.5 Å². The van der Waals surface area contributed by atoms with Gasteiger partial charge in [0.15, 0.2) is 0 Å². The lowest BCUT2D eigenvalue weighted by Gasteiger charge is -2.13. The van der Waals surface area contributed by atoms with Crippen LogP contribution in [-0.2, 0) is 13.1 Å². The first-order chi connectivity index (χ1) is 10.7. The van der Waals surface area contributed by atoms with E-state index >= 15 is 0 Å². The highest BCUT2D eigenvalue weighted by Crippen LogP contribution is 2.21. The summed E-state index contributed by atoms with van der Waals surface area (Å²) in [6.07, 6.45) is 0. The first-order valence-electron chi connectivity index (χ1n) is 7.01. The summed E-state index contributed by atoms with van der Waals surface area (Å²) >= 11 is 3.41. The summed E-state index contributed by atoms with van der Waals surface area (Å²) in [4.78, 5) is 2.15. The van der Waals surface area contributed by atoms with Crippen molar-refractivity contribution in [2.45, 2.75) is 13.1 Å². The van der Waals surface area contributed by atoms with Crippen molar-refractivity contribution in [1.29, 1.82) is 0 Å². The average molecular weight is 358 g/mol. The second-order valence-electron chi connectivity index (χ2n) is 5.17. The summed E-state index contributed by atoms with van der Waals surface area (Å²) in [5.74, 6) is 1.17. The Balaban J connectivity index is 1.65. The number of hydrogen-bond donors (Lipinski definition) is 0. The first-order valence-corrected chi connectivity index (χ1v) is 7.81. The fourth-order valence-corrected chi connectivity index (χ4v) is 2.47. The highest BCUT2D eigenvalue weighted by Gasteiger charge is 2.10. The van der Waals surface area contributed by atoms with Crippen LogP contribution in [-0.4, -0.2) is 22.1 Å². The van der Waals surface area contributed by atoms with Gasteiger partial charge in [-0.25, -0.2) is 0 Å². The van der Waals surface area contributed by atoms with Crippen LogP contribution in [0.3, 0.4) is 0 Å². The SMILES string of the molecule is CN(Cc1ccccc1)Cc1nnc(-c2ccc(Br)cc2)o1. The summed E-state index contributed by atoms with van der Waals surface area (Å²) in [5, 5.41) is 8.24. The number of benzene rings is 2. The normalized spacial score (nSPS) is 11.0. The highest BCUT2D eigenvalue weighted by molar-refractivity contribution is 9.10. The van der Waals surface area contributed by atoms with Gasteiger partial charge in [-0.1, -0.05) is 46.3 Å². The Morgan fingerprint density at radius 2 is 1.68 bits per heavy atom. The minimum atomic E-state index is 0.551. The fourth-order valence-electron chi connectivity index (χ4n) is 2.21. The molecule has 0 radical (unpaired) electrons. The number of rotatable bonds is 5. The van der Waals surface area contributed by atoms with E-state index in [1.54, 1.807) is 0 Å². The molecule has 1 heterocycles. The molecule has 22 heavy (non-hydrogen) atoms. The van der Waals surface area contributed by atoms with E-state index in [0.29, 0.717) is 18.3 Å². The molecule has 0 unspecified atom stereocenters. The molecule has 0 spiro atoms. The van der Waals surface area contributed by atoms with Gasteiger partial charge in [0.25, 0.3) is 0 Å². The van der Waals surface area contributed by atoms with E-state index in [1.807, 2.05) is 49.5 Å². The third kappa shape index (κ3) is 3.81. The lowest BCUT2D eigenvalue weighted by atomic mass is 10.2. The molecule has 0 N–H and O–H groups in total. The van der Waals surface area contributed by atoms with E-state index in [1.165, 1.54) is 5.56 Å². The quantitative estimate of drug-likeness (QED) is 0.688. The smallest absolute Gasteiger partial charge is 0.247 e. The molecule has 0 bridgehead atoms. The predicted octanol–water partition coefficient (Wildman–Crippen LogP) is 4.13. The van der Waals surface area contributed by atoms with Gasteiger partial charge in [-0.05, 0) is 36.9 Å². The monoisotopic (exact) mass is 357 g/mol. The van der Waals surface area contributed by atoms with Crippen LogP contribution in [0.2, 0.25) is 0 Å². The van der Waals surface area contributed by atoms with Crippen LogP contribution in [0.1, 0.15) is 11.5 Å². The summed E-state index contributed by atoms with van der Waals surface area (Å²) in [7, 11) is 2.04. The van der Waals surface area contributed by atoms with Gasteiger partial charge in [0.1, 0.15) is 0 Å². The molecule has 5 heteroatoms. The number of aromatic nitrogens is 2. The van der Waals surface area contributed by atoms with Gasteiger partial charge in [0.2, 0.25) is 11.8 Å². The van der Waals surface area contributed by atoms with Gasteiger partial charge in [-0.2, -0.15) is 0 Å². The van der Waals surface area contributed by atoms with Crippen molar-refractivity contribution in [1.82, 2.24) is 15.1 Å². The molecule has 112 valence electrons. The summed E-state index contributed by atoms with van der Waals surface area (Å²) in [5.41, 5.74) is 2.19. The molecule has 0 aliphatic heterocycles. The summed E-state index contributed by atoms with van der Waals surface area (Å²) < 4.78 is 6.77. The zero-order valence-corrected chi connectivity index (χ0v) is 13.8. The van der Waals surface area contributed by atoms with E-state index in [-0.39, 0.29) is 0 Å². The number of hydrogen-bond acceptors (Lipinski definition) is 4. The van der Waals surface area contributed by atoms with E-state index in [4.69, 9.17) is 4.42 Å². The van der Waals surface area contributed by atoms with Crippen molar-refractivity contribution in [3.63, 3.8) is 0 Å². The van der Waals surface area contributed by atoms with Gasteiger partial charge >= 0.3 is 0 Å². The van der Waals surface area contributed by atoms with E-state index in [9.17, 15) is 0 Å². The third-order valence-corrected chi connectivity index (χ3v) is 3.79. The van der Waals surface area contributed by atoms with Gasteiger partial charge in [-0.15, -0.1) is 10.2 Å². The number of nitrogens with zero attached hydrogens (tertiary/aromatic N) is 3. The Kier molecular flexibility index (Phi) is 4.65. The number of halogens is 1. The Bertz CT molecular complexity index is 725. The fraction of sp³-hybridized carbons (Fsp3) is 0.176. The Hall–Kier alpha value is -1.98. The van der Waals surface area contributed by atoms with Gasteiger partial charge in [0.05, 0.1) is 6.54 Å². The Labute approximate surface area is 137 Å². The zero-order valence-electron chi connectivity index (χ0n) is 12.2. The Morgan fingerprint density at radius 1 is 0.955 bits per heavy atom. The molecule has 0 atom stereocenters. The second kappa shape index (κ2) is 6.85. The summed E-state index contributed by atoms with van der Waals surface area (Å²) in [6, 6.07) is 18.1. The standard InChI is InChI=1S/C17H16BrN3O/c1-21(11-13-5-3-2-4-6-13)12-16-19-20-17(22-16)14-7-9-15(18)10-8-14/h2-10H,11-12H2,1H3. The van der Waals surface area contributed by atoms with Crippen LogP contribution in [0.25, 0.3) is 11.5 Å². The lowest BCUT2D eigenvalue weighted by molar-refractivity contribution is 0.283. The van der Waals surface area contributed by atoms with Crippen LogP contribution < -0.4 is 0 Å². The maximum Gasteiger partial charge on any atom is 0.247 e. The molecule has 0 aliphatic carbocycles. The molecule has 2 aromatic carbocycles. The molecule has 4 nitrogen and oxygen atoms in total. The zero-order chi connectivity index (χ0) is 15.4. The third-order valence-electron chi connectivity index (χ3n) is 3.26. The van der Waals surface area contributed by atoms with E-state index in [0.717, 1.165) is 16.6 Å². The van der Waals surface area contributed by atoms with E-state index in [2.05, 4.69) is 43.2 Å². The molecular weight excluding hydrogens is 342 g/mol. The molecule has 0 fully saturated rings. The molecule has 0 saturated heterocycles. The molecule has 3 aromatic rings. The van der Waals surface area contributed by atoms with Crippen LogP contribution >= 0.6 is 15.9 Å². The van der Waals surface area contributed by atoms with Crippen LogP contribution in [0, 0.1) is 0 Å². The molecular formula is C17H16BrN3O. The van der Waals surface area contributed by atoms with E-state index < -0.39 is 0 Å². The Morgan fingerprint density at radius 3 is 2.41 bits per heavy atom. The van der Waals surface area contributed by atoms with Crippen molar-refractivity contribution < 1.29 is 4.42 Å². The van der Waals surface area contributed by atoms with Crippen molar-refractivity contribution >= 4 is 15.9 Å². The maximum atomic E-state index is 5.74. The van der Waals surface area contributed by atoms with Crippen molar-refractivity contribution in [3.05, 3.63) is 70.5 Å². The van der Waals surface area contributed by atoms with Gasteiger partial charge < -0.3 is 4.42 Å². The molecule has 3 rings (SSSR count). The average Bonchev–Trinajstić information content (AvgIpc) is 2.97. The van der Waals surface area contributed by atoms with Crippen LogP contribution in [0.5, 0.6) is 0 Å². The molecule has 0 aliphatic rings. The summed E-state index contributed by atoms with van der Waals surface area (Å²) in [6.45, 7) is 1.47. The maximum absolute atomic E-state index is 5.74. The van der Waals surface area contributed by atoms with Gasteiger partial charge in [0, 0.05) is 16.6 Å². The lowest BCUT2D eigenvalue weighted by Crippen LogP contribution is -2.17. The van der Waals surface area contributed by atoms with Gasteiger partial charge in [-0.3, -0.25) is 4.90 Å². The second-order valence-corrected chi connectivity index (χ2v) is 6.08. The first kappa shape index (κ1) is 14.9. The van der Waals surface area contributed by atoms with Crippen molar-refractivity contribution in [2.24, 2.45) is 0 Å². The topological polar surface area (TPSA) is 42.2 Å². The molecule has 0 saturated carbocycles. The van der Waals surface area contributed by atoms with Crippen LogP contribution in [0.15, 0.2) is 63.5 Å². The van der Waals surface area contributed by atoms with Crippen LogP contribution in [0.4, 0.5) is 0 Å². The highest BCUT2D eigenvalue weighted by atomic mass is 79.9. The predicted molar refractivity (Wildman–Crippen MR) is 89.0 cm³/mol. The molecule has 1 aromatic heterocycles. The molecule has 0 amide bonds.